The largest absolute Gasteiger partial charge is 0.497 e. The molecule has 0 atom stereocenters. The topological polar surface area (TPSA) is 44.8 Å². The van der Waals surface area contributed by atoms with E-state index in [0.29, 0.717) is 27.8 Å². The van der Waals surface area contributed by atoms with E-state index in [2.05, 4.69) is 0 Å². The van der Waals surface area contributed by atoms with Crippen LogP contribution in [0.4, 0.5) is 0 Å². The number of rotatable bonds is 6. The maximum absolute atomic E-state index is 11.7. The molecule has 0 saturated heterocycles. The van der Waals surface area contributed by atoms with Gasteiger partial charge in [-0.05, 0) is 37.3 Å². The Labute approximate surface area is 134 Å². The standard InChI is InChI=1S/C17H17ClO4/c1-11(19)15-6-5-14(20-2)9-17(15)22-10-12-8-13(18)4-7-16(12)21-3/h4-9H,10H2,1-3H3. The highest BCUT2D eigenvalue weighted by molar-refractivity contribution is 6.30. The average molecular weight is 321 g/mol. The molecule has 0 unspecified atom stereocenters. The Balaban J connectivity index is 2.27. The highest BCUT2D eigenvalue weighted by atomic mass is 35.5. The minimum atomic E-state index is -0.0734. The lowest BCUT2D eigenvalue weighted by Gasteiger charge is -2.13. The average Bonchev–Trinajstić information content (AvgIpc) is 2.52. The molecule has 22 heavy (non-hydrogen) atoms. The molecule has 0 spiro atoms. The number of ketones is 1. The molecule has 0 saturated carbocycles. The van der Waals surface area contributed by atoms with Gasteiger partial charge >= 0.3 is 0 Å². The third kappa shape index (κ3) is 3.71. The first-order valence-electron chi connectivity index (χ1n) is 6.69. The van der Waals surface area contributed by atoms with Crippen molar-refractivity contribution in [2.75, 3.05) is 14.2 Å². The maximum atomic E-state index is 11.7. The number of Topliss-reactive ketones (excluding diaryl/α,β-unsaturated/α-hetero) is 1. The quantitative estimate of drug-likeness (QED) is 0.750. The molecule has 0 heterocycles. The summed E-state index contributed by atoms with van der Waals surface area (Å²) in [6.45, 7) is 1.73. The summed E-state index contributed by atoms with van der Waals surface area (Å²) in [4.78, 5) is 11.7. The molecule has 5 heteroatoms. The van der Waals surface area contributed by atoms with E-state index in [9.17, 15) is 4.79 Å². The van der Waals surface area contributed by atoms with Gasteiger partial charge in [0.2, 0.25) is 0 Å². The van der Waals surface area contributed by atoms with Crippen molar-refractivity contribution in [3.8, 4) is 17.2 Å². The van der Waals surface area contributed by atoms with Crippen molar-refractivity contribution < 1.29 is 19.0 Å². The number of hydrogen-bond acceptors (Lipinski definition) is 4. The van der Waals surface area contributed by atoms with Crippen LogP contribution < -0.4 is 14.2 Å². The Morgan fingerprint density at radius 1 is 1.05 bits per heavy atom. The SMILES string of the molecule is COc1ccc(C(C)=O)c(OCc2cc(Cl)ccc2OC)c1. The van der Waals surface area contributed by atoms with Gasteiger partial charge in [0.15, 0.2) is 5.78 Å². The van der Waals surface area contributed by atoms with Crippen molar-refractivity contribution >= 4 is 17.4 Å². The van der Waals surface area contributed by atoms with Gasteiger partial charge in [0.05, 0.1) is 19.8 Å². The van der Waals surface area contributed by atoms with Crippen LogP contribution in [0.5, 0.6) is 17.2 Å². The lowest BCUT2D eigenvalue weighted by atomic mass is 10.1. The number of hydrogen-bond donors (Lipinski definition) is 0. The van der Waals surface area contributed by atoms with E-state index in [1.54, 1.807) is 50.6 Å². The van der Waals surface area contributed by atoms with Crippen molar-refractivity contribution in [3.05, 3.63) is 52.5 Å². The van der Waals surface area contributed by atoms with E-state index in [0.717, 1.165) is 5.56 Å². The van der Waals surface area contributed by atoms with Crippen molar-refractivity contribution in [2.45, 2.75) is 13.5 Å². The lowest BCUT2D eigenvalue weighted by Crippen LogP contribution is -2.03. The first-order chi connectivity index (χ1) is 10.5. The van der Waals surface area contributed by atoms with Crippen LogP contribution in [-0.4, -0.2) is 20.0 Å². The molecule has 0 bridgehead atoms. The fourth-order valence-electron chi connectivity index (χ4n) is 2.06. The first kappa shape index (κ1) is 16.2. The van der Waals surface area contributed by atoms with E-state index >= 15 is 0 Å². The summed E-state index contributed by atoms with van der Waals surface area (Å²) >= 11 is 6.00. The van der Waals surface area contributed by atoms with Crippen LogP contribution in [0.25, 0.3) is 0 Å². The number of benzene rings is 2. The normalized spacial score (nSPS) is 10.2. The highest BCUT2D eigenvalue weighted by Gasteiger charge is 2.12. The van der Waals surface area contributed by atoms with Crippen LogP contribution in [0.15, 0.2) is 36.4 Å². The molecule has 0 aliphatic rings. The van der Waals surface area contributed by atoms with Crippen LogP contribution in [0.1, 0.15) is 22.8 Å². The fraction of sp³-hybridized carbons (Fsp3) is 0.235. The third-order valence-electron chi connectivity index (χ3n) is 3.19. The Hall–Kier alpha value is -2.20. The van der Waals surface area contributed by atoms with Gasteiger partial charge in [-0.3, -0.25) is 4.79 Å². The van der Waals surface area contributed by atoms with E-state index < -0.39 is 0 Å². The number of ether oxygens (including phenoxy) is 3. The Morgan fingerprint density at radius 2 is 1.82 bits per heavy atom. The van der Waals surface area contributed by atoms with Gasteiger partial charge in [-0.15, -0.1) is 0 Å². The van der Waals surface area contributed by atoms with Gasteiger partial charge < -0.3 is 14.2 Å². The Kier molecular flexibility index (Phi) is 5.28. The van der Waals surface area contributed by atoms with Crippen molar-refractivity contribution in [3.63, 3.8) is 0 Å². The smallest absolute Gasteiger partial charge is 0.163 e. The molecule has 2 aromatic carbocycles. The molecule has 116 valence electrons. The molecule has 0 aliphatic heterocycles. The lowest BCUT2D eigenvalue weighted by molar-refractivity contribution is 0.101. The van der Waals surface area contributed by atoms with Gasteiger partial charge in [-0.2, -0.15) is 0 Å². The predicted molar refractivity (Wildman–Crippen MR) is 85.3 cm³/mol. The van der Waals surface area contributed by atoms with E-state index in [4.69, 9.17) is 25.8 Å². The van der Waals surface area contributed by atoms with E-state index in [1.807, 2.05) is 0 Å². The van der Waals surface area contributed by atoms with Crippen LogP contribution in [-0.2, 0) is 6.61 Å². The van der Waals surface area contributed by atoms with E-state index in [-0.39, 0.29) is 12.4 Å². The molecule has 2 aromatic rings. The van der Waals surface area contributed by atoms with Crippen LogP contribution >= 0.6 is 11.6 Å². The molecule has 0 N–H and O–H groups in total. The highest BCUT2D eigenvalue weighted by Crippen LogP contribution is 2.28. The minimum Gasteiger partial charge on any atom is -0.497 e. The second-order valence-electron chi connectivity index (χ2n) is 4.66. The van der Waals surface area contributed by atoms with Gasteiger partial charge in [-0.1, -0.05) is 11.6 Å². The summed E-state index contributed by atoms with van der Waals surface area (Å²) in [5.41, 5.74) is 1.30. The Bertz CT molecular complexity index is 682. The zero-order valence-corrected chi connectivity index (χ0v) is 13.4. The van der Waals surface area contributed by atoms with Gasteiger partial charge in [0, 0.05) is 16.7 Å². The summed E-state index contributed by atoms with van der Waals surface area (Å²) in [6, 6.07) is 10.4. The Morgan fingerprint density at radius 3 is 2.45 bits per heavy atom. The van der Waals surface area contributed by atoms with Gasteiger partial charge in [0.1, 0.15) is 23.9 Å². The van der Waals surface area contributed by atoms with E-state index in [1.165, 1.54) is 6.92 Å². The molecule has 0 radical (unpaired) electrons. The monoisotopic (exact) mass is 320 g/mol. The maximum Gasteiger partial charge on any atom is 0.163 e. The molecule has 2 rings (SSSR count). The van der Waals surface area contributed by atoms with Crippen molar-refractivity contribution in [1.82, 2.24) is 0 Å². The minimum absolute atomic E-state index is 0.0734. The molecular weight excluding hydrogens is 304 g/mol. The third-order valence-corrected chi connectivity index (χ3v) is 3.43. The van der Waals surface area contributed by atoms with Gasteiger partial charge in [0.25, 0.3) is 0 Å². The van der Waals surface area contributed by atoms with Crippen molar-refractivity contribution in [1.29, 1.82) is 0 Å². The number of carbonyl (C=O) groups is 1. The predicted octanol–water partition coefficient (Wildman–Crippen LogP) is 4.14. The first-order valence-corrected chi connectivity index (χ1v) is 7.07. The zero-order valence-electron chi connectivity index (χ0n) is 12.7. The van der Waals surface area contributed by atoms with Crippen molar-refractivity contribution in [2.24, 2.45) is 0 Å². The number of halogens is 1. The summed E-state index contributed by atoms with van der Waals surface area (Å²) in [6.07, 6.45) is 0. The molecule has 4 nitrogen and oxygen atoms in total. The summed E-state index contributed by atoms with van der Waals surface area (Å²) in [5.74, 6) is 1.69. The fourth-order valence-corrected chi connectivity index (χ4v) is 2.25. The molecule has 0 aromatic heterocycles. The summed E-state index contributed by atoms with van der Waals surface area (Å²) in [5, 5.41) is 0.594. The molecule has 0 aliphatic carbocycles. The summed E-state index contributed by atoms with van der Waals surface area (Å²) in [7, 11) is 3.14. The van der Waals surface area contributed by atoms with Crippen LogP contribution in [0, 0.1) is 0 Å². The summed E-state index contributed by atoms with van der Waals surface area (Å²) < 4.78 is 16.2. The van der Waals surface area contributed by atoms with Crippen LogP contribution in [0.2, 0.25) is 5.02 Å². The molecule has 0 amide bonds. The second-order valence-corrected chi connectivity index (χ2v) is 5.10. The second kappa shape index (κ2) is 7.18. The molecular formula is C17H17ClO4. The number of carbonyl (C=O) groups excluding carboxylic acids is 1. The molecule has 0 fully saturated rings. The number of methoxy groups -OCH3 is 2. The van der Waals surface area contributed by atoms with Crippen LogP contribution in [0.3, 0.4) is 0 Å². The zero-order chi connectivity index (χ0) is 16.1. The van der Waals surface area contributed by atoms with Gasteiger partial charge in [-0.25, -0.2) is 0 Å².